The third-order valence-corrected chi connectivity index (χ3v) is 4.62. The van der Waals surface area contributed by atoms with Gasteiger partial charge in [0.2, 0.25) is 0 Å². The molecule has 0 aliphatic carbocycles. The molecular weight excluding hydrogens is 260 g/mol. The lowest BCUT2D eigenvalue weighted by molar-refractivity contribution is 0.275. The summed E-state index contributed by atoms with van der Waals surface area (Å²) in [5.74, 6) is 0. The van der Waals surface area contributed by atoms with Crippen LogP contribution in [-0.4, -0.2) is 44.6 Å². The van der Waals surface area contributed by atoms with Crippen molar-refractivity contribution in [2.24, 2.45) is 0 Å². The van der Waals surface area contributed by atoms with Crippen molar-refractivity contribution in [1.29, 1.82) is 0 Å². The van der Waals surface area contributed by atoms with Crippen molar-refractivity contribution in [1.82, 2.24) is 9.03 Å². The van der Waals surface area contributed by atoms with Gasteiger partial charge in [-0.05, 0) is 35.2 Å². The van der Waals surface area contributed by atoms with Crippen molar-refractivity contribution in [3.8, 4) is 0 Å². The molecule has 1 aromatic heterocycles. The Morgan fingerprint density at radius 3 is 2.88 bits per heavy atom. The zero-order chi connectivity index (χ0) is 12.7. The highest BCUT2D eigenvalue weighted by Crippen LogP contribution is 2.06. The summed E-state index contributed by atoms with van der Waals surface area (Å²) in [6, 6.07) is 1.98. The van der Waals surface area contributed by atoms with E-state index in [0.717, 1.165) is 5.56 Å². The van der Waals surface area contributed by atoms with E-state index >= 15 is 0 Å². The highest BCUT2D eigenvalue weighted by molar-refractivity contribution is 7.87. The number of hydrogen-bond donors (Lipinski definition) is 2. The Morgan fingerprint density at radius 2 is 2.29 bits per heavy atom. The number of nitrogens with one attached hydrogen (secondary N) is 1. The quantitative estimate of drug-likeness (QED) is 0.725. The fraction of sp³-hybridized carbons (Fsp3) is 0.600. The fourth-order valence-corrected chi connectivity index (χ4v) is 2.94. The number of aliphatic hydroxyl groups is 1. The van der Waals surface area contributed by atoms with E-state index < -0.39 is 10.2 Å². The van der Waals surface area contributed by atoms with Crippen LogP contribution in [0.15, 0.2) is 16.8 Å². The molecule has 7 heteroatoms. The van der Waals surface area contributed by atoms with Gasteiger partial charge in [0.05, 0.1) is 0 Å². The van der Waals surface area contributed by atoms with Crippen LogP contribution in [0, 0.1) is 0 Å². The third-order valence-electron chi connectivity index (χ3n) is 2.32. The van der Waals surface area contributed by atoms with Crippen molar-refractivity contribution >= 4 is 21.5 Å². The molecule has 0 unspecified atom stereocenters. The second kappa shape index (κ2) is 7.07. The third kappa shape index (κ3) is 5.13. The molecule has 0 saturated heterocycles. The molecule has 0 bridgehead atoms. The zero-order valence-corrected chi connectivity index (χ0v) is 11.4. The van der Waals surface area contributed by atoms with Crippen LogP contribution < -0.4 is 4.72 Å². The van der Waals surface area contributed by atoms with Crippen LogP contribution in [0.25, 0.3) is 0 Å². The van der Waals surface area contributed by atoms with Gasteiger partial charge in [0.1, 0.15) is 0 Å². The molecule has 1 heterocycles. The Balaban J connectivity index is 2.33. The van der Waals surface area contributed by atoms with Gasteiger partial charge in [0.15, 0.2) is 0 Å². The lowest BCUT2D eigenvalue weighted by atomic mass is 10.2. The molecule has 0 atom stereocenters. The predicted octanol–water partition coefficient (Wildman–Crippen LogP) is 0.439. The highest BCUT2D eigenvalue weighted by atomic mass is 32.2. The Labute approximate surface area is 106 Å². The Hall–Kier alpha value is -0.470. The van der Waals surface area contributed by atoms with Crippen molar-refractivity contribution < 1.29 is 13.5 Å². The van der Waals surface area contributed by atoms with Crippen molar-refractivity contribution in [3.05, 3.63) is 22.4 Å². The minimum atomic E-state index is -3.41. The summed E-state index contributed by atoms with van der Waals surface area (Å²) in [4.78, 5) is 0. The summed E-state index contributed by atoms with van der Waals surface area (Å²) in [5.41, 5.74) is 1.13. The predicted molar refractivity (Wildman–Crippen MR) is 69.3 cm³/mol. The standard InChI is InChI=1S/C10H18N2O3S2/c1-12(6-2-7-13)17(14,15)11-5-3-10-4-8-16-9-10/h4,8-9,11,13H,2-3,5-7H2,1H3. The monoisotopic (exact) mass is 278 g/mol. The van der Waals surface area contributed by atoms with E-state index in [1.165, 1.54) is 11.4 Å². The molecule has 2 N–H and O–H groups in total. The van der Waals surface area contributed by atoms with Crippen LogP contribution >= 0.6 is 11.3 Å². The Bertz CT molecular complexity index is 403. The first-order chi connectivity index (χ1) is 8.06. The van der Waals surface area contributed by atoms with Crippen LogP contribution in [0.2, 0.25) is 0 Å². The largest absolute Gasteiger partial charge is 0.396 e. The molecule has 0 amide bonds. The summed E-state index contributed by atoms with van der Waals surface area (Å²) in [6.07, 6.45) is 1.14. The fourth-order valence-electron chi connectivity index (χ4n) is 1.28. The second-order valence-corrected chi connectivity index (χ2v) is 6.32. The maximum absolute atomic E-state index is 11.7. The van der Waals surface area contributed by atoms with Crippen LogP contribution in [-0.2, 0) is 16.6 Å². The van der Waals surface area contributed by atoms with Gasteiger partial charge in [-0.1, -0.05) is 0 Å². The van der Waals surface area contributed by atoms with Gasteiger partial charge in [-0.25, -0.2) is 4.72 Å². The molecule has 0 fully saturated rings. The van der Waals surface area contributed by atoms with Gasteiger partial charge < -0.3 is 5.11 Å². The van der Waals surface area contributed by atoms with E-state index in [1.54, 1.807) is 11.3 Å². The van der Waals surface area contributed by atoms with Gasteiger partial charge in [-0.2, -0.15) is 24.1 Å². The molecule has 0 spiro atoms. The average molecular weight is 278 g/mol. The van der Waals surface area contributed by atoms with E-state index in [1.807, 2.05) is 16.8 Å². The minimum Gasteiger partial charge on any atom is -0.396 e. The average Bonchev–Trinajstić information content (AvgIpc) is 2.78. The lowest BCUT2D eigenvalue weighted by Gasteiger charge is -2.16. The first-order valence-corrected chi connectivity index (χ1v) is 7.77. The number of rotatable bonds is 8. The zero-order valence-electron chi connectivity index (χ0n) is 9.80. The second-order valence-electron chi connectivity index (χ2n) is 3.68. The van der Waals surface area contributed by atoms with Gasteiger partial charge in [-0.3, -0.25) is 0 Å². The summed E-state index contributed by atoms with van der Waals surface area (Å²) in [5, 5.41) is 12.6. The molecule has 0 aliphatic rings. The number of nitrogens with zero attached hydrogens (tertiary/aromatic N) is 1. The van der Waals surface area contributed by atoms with E-state index in [2.05, 4.69) is 4.72 Å². The molecule has 1 aromatic rings. The molecule has 5 nitrogen and oxygen atoms in total. The topological polar surface area (TPSA) is 69.6 Å². The van der Waals surface area contributed by atoms with Gasteiger partial charge in [-0.15, -0.1) is 0 Å². The summed E-state index contributed by atoms with van der Waals surface area (Å²) >= 11 is 1.60. The van der Waals surface area contributed by atoms with Crippen LogP contribution in [0.5, 0.6) is 0 Å². The molecule has 0 aromatic carbocycles. The smallest absolute Gasteiger partial charge is 0.279 e. The maximum atomic E-state index is 11.7. The van der Waals surface area contributed by atoms with Crippen LogP contribution in [0.4, 0.5) is 0 Å². The summed E-state index contributed by atoms with van der Waals surface area (Å²) < 4.78 is 27.1. The van der Waals surface area contributed by atoms with Crippen LogP contribution in [0.1, 0.15) is 12.0 Å². The van der Waals surface area contributed by atoms with E-state index in [4.69, 9.17) is 5.11 Å². The first kappa shape index (κ1) is 14.6. The lowest BCUT2D eigenvalue weighted by Crippen LogP contribution is -2.39. The van der Waals surface area contributed by atoms with Crippen LogP contribution in [0.3, 0.4) is 0 Å². The maximum Gasteiger partial charge on any atom is 0.279 e. The molecular formula is C10H18N2O3S2. The molecule has 0 radical (unpaired) electrons. The SMILES string of the molecule is CN(CCCO)S(=O)(=O)NCCc1ccsc1. The minimum absolute atomic E-state index is 0.00519. The Morgan fingerprint density at radius 1 is 1.53 bits per heavy atom. The normalized spacial score (nSPS) is 12.2. The van der Waals surface area contributed by atoms with E-state index in [-0.39, 0.29) is 6.61 Å². The first-order valence-electron chi connectivity index (χ1n) is 5.39. The summed E-state index contributed by atoms with van der Waals surface area (Å²) in [6.45, 7) is 0.710. The van der Waals surface area contributed by atoms with Crippen molar-refractivity contribution in [2.45, 2.75) is 12.8 Å². The molecule has 0 aliphatic heterocycles. The number of hydrogen-bond acceptors (Lipinski definition) is 4. The van der Waals surface area contributed by atoms with Crippen molar-refractivity contribution in [2.75, 3.05) is 26.7 Å². The van der Waals surface area contributed by atoms with Gasteiger partial charge in [0.25, 0.3) is 10.2 Å². The van der Waals surface area contributed by atoms with E-state index in [9.17, 15) is 8.42 Å². The molecule has 17 heavy (non-hydrogen) atoms. The van der Waals surface area contributed by atoms with Crippen molar-refractivity contribution in [3.63, 3.8) is 0 Å². The molecule has 1 rings (SSSR count). The number of aliphatic hydroxyl groups excluding tert-OH is 1. The highest BCUT2D eigenvalue weighted by Gasteiger charge is 2.15. The van der Waals surface area contributed by atoms with Gasteiger partial charge in [0, 0.05) is 26.7 Å². The Kier molecular flexibility index (Phi) is 6.07. The summed E-state index contributed by atoms with van der Waals surface area (Å²) in [7, 11) is -1.91. The number of thiophene rings is 1. The van der Waals surface area contributed by atoms with Gasteiger partial charge >= 0.3 is 0 Å². The molecule has 98 valence electrons. The molecule has 0 saturated carbocycles. The van der Waals surface area contributed by atoms with E-state index in [0.29, 0.717) is 25.9 Å².